The second-order valence-corrected chi connectivity index (χ2v) is 4.02. The summed E-state index contributed by atoms with van der Waals surface area (Å²) >= 11 is 0. The molecule has 3 heteroatoms. The van der Waals surface area contributed by atoms with E-state index in [1.54, 1.807) is 7.11 Å². The van der Waals surface area contributed by atoms with Crippen LogP contribution in [-0.2, 0) is 0 Å². The van der Waals surface area contributed by atoms with E-state index in [1.807, 2.05) is 19.1 Å². The van der Waals surface area contributed by atoms with Crippen molar-refractivity contribution in [2.24, 2.45) is 0 Å². The number of benzene rings is 2. The van der Waals surface area contributed by atoms with Crippen molar-refractivity contribution in [2.75, 3.05) is 13.8 Å². The molecule has 90 valence electrons. The second kappa shape index (κ2) is 5.17. The first-order valence-electron chi connectivity index (χ1n) is 5.67. The van der Waals surface area contributed by atoms with Gasteiger partial charge in [-0.3, -0.25) is 5.32 Å². The number of fused-ring (bicyclic) bond motifs is 1. The molecule has 0 aliphatic carbocycles. The van der Waals surface area contributed by atoms with Gasteiger partial charge in [-0.2, -0.15) is 0 Å². The molecular formula is C14H17NO2. The standard InChI is InChI=1S/C14H17NO2/c1-10(15-9-16)11-6-7-13-12(8-11)4-3-5-14(13)17-2/h3-8,10,15-16H,9H2,1-2H3. The average molecular weight is 231 g/mol. The third-order valence-corrected chi connectivity index (χ3v) is 2.98. The number of rotatable bonds is 4. The van der Waals surface area contributed by atoms with Gasteiger partial charge in [-0.1, -0.05) is 24.3 Å². The Kier molecular flexibility index (Phi) is 3.61. The Morgan fingerprint density at radius 2 is 2.12 bits per heavy atom. The number of hydrogen-bond donors (Lipinski definition) is 2. The summed E-state index contributed by atoms with van der Waals surface area (Å²) in [6.07, 6.45) is 0. The van der Waals surface area contributed by atoms with Crippen LogP contribution in [0.4, 0.5) is 0 Å². The van der Waals surface area contributed by atoms with Gasteiger partial charge in [0, 0.05) is 11.4 Å². The van der Waals surface area contributed by atoms with Gasteiger partial charge in [0.05, 0.1) is 13.8 Å². The first-order valence-corrected chi connectivity index (χ1v) is 5.67. The fourth-order valence-electron chi connectivity index (χ4n) is 1.97. The fraction of sp³-hybridized carbons (Fsp3) is 0.286. The predicted octanol–water partition coefficient (Wildman–Crippen LogP) is 2.45. The SMILES string of the molecule is COc1cccc2cc(C(C)NCO)ccc12. The summed E-state index contributed by atoms with van der Waals surface area (Å²) in [4.78, 5) is 0. The van der Waals surface area contributed by atoms with E-state index < -0.39 is 0 Å². The second-order valence-electron chi connectivity index (χ2n) is 4.02. The molecule has 1 unspecified atom stereocenters. The van der Waals surface area contributed by atoms with Gasteiger partial charge < -0.3 is 9.84 Å². The topological polar surface area (TPSA) is 41.5 Å². The molecule has 0 heterocycles. The summed E-state index contributed by atoms with van der Waals surface area (Å²) < 4.78 is 5.32. The van der Waals surface area contributed by atoms with E-state index >= 15 is 0 Å². The van der Waals surface area contributed by atoms with Crippen molar-refractivity contribution in [3.05, 3.63) is 42.0 Å². The lowest BCUT2D eigenvalue weighted by atomic mass is 10.0. The summed E-state index contributed by atoms with van der Waals surface area (Å²) in [7, 11) is 1.68. The molecule has 0 aliphatic rings. The molecule has 0 aliphatic heterocycles. The molecule has 0 saturated heterocycles. The molecule has 2 aromatic carbocycles. The number of aliphatic hydroxyl groups is 1. The Bertz CT molecular complexity index is 511. The maximum atomic E-state index is 8.86. The fourth-order valence-corrected chi connectivity index (χ4v) is 1.97. The third kappa shape index (κ3) is 2.40. The van der Waals surface area contributed by atoms with Crippen molar-refractivity contribution in [2.45, 2.75) is 13.0 Å². The molecule has 0 spiro atoms. The van der Waals surface area contributed by atoms with Crippen LogP contribution in [0.15, 0.2) is 36.4 Å². The molecular weight excluding hydrogens is 214 g/mol. The van der Waals surface area contributed by atoms with Gasteiger partial charge in [-0.15, -0.1) is 0 Å². The van der Waals surface area contributed by atoms with E-state index in [0.29, 0.717) is 0 Å². The van der Waals surface area contributed by atoms with Gasteiger partial charge in [0.2, 0.25) is 0 Å². The molecule has 2 rings (SSSR count). The minimum atomic E-state index is -0.0166. The molecule has 2 aromatic rings. The first-order chi connectivity index (χ1) is 8.26. The highest BCUT2D eigenvalue weighted by molar-refractivity contribution is 5.88. The summed E-state index contributed by atoms with van der Waals surface area (Å²) in [5, 5.41) is 14.1. The lowest BCUT2D eigenvalue weighted by Crippen LogP contribution is -2.19. The van der Waals surface area contributed by atoms with E-state index in [1.165, 1.54) is 0 Å². The van der Waals surface area contributed by atoms with Crippen molar-refractivity contribution < 1.29 is 9.84 Å². The van der Waals surface area contributed by atoms with Crippen LogP contribution in [0, 0.1) is 0 Å². The highest BCUT2D eigenvalue weighted by atomic mass is 16.5. The van der Waals surface area contributed by atoms with Crippen LogP contribution in [0.5, 0.6) is 5.75 Å². The van der Waals surface area contributed by atoms with Crippen molar-refractivity contribution >= 4 is 10.8 Å². The Hall–Kier alpha value is -1.58. The van der Waals surface area contributed by atoms with Gasteiger partial charge in [0.1, 0.15) is 5.75 Å². The number of methoxy groups -OCH3 is 1. The summed E-state index contributed by atoms with van der Waals surface area (Å²) in [6, 6.07) is 12.4. The zero-order valence-corrected chi connectivity index (χ0v) is 10.1. The molecule has 0 saturated carbocycles. The highest BCUT2D eigenvalue weighted by Crippen LogP contribution is 2.27. The van der Waals surface area contributed by atoms with E-state index in [4.69, 9.17) is 9.84 Å². The van der Waals surface area contributed by atoms with Crippen molar-refractivity contribution in [3.63, 3.8) is 0 Å². The molecule has 2 N–H and O–H groups in total. The van der Waals surface area contributed by atoms with Gasteiger partial charge in [-0.25, -0.2) is 0 Å². The molecule has 0 amide bonds. The number of aliphatic hydroxyl groups excluding tert-OH is 1. The zero-order valence-electron chi connectivity index (χ0n) is 10.1. The van der Waals surface area contributed by atoms with Crippen LogP contribution in [-0.4, -0.2) is 18.9 Å². The monoisotopic (exact) mass is 231 g/mol. The minimum Gasteiger partial charge on any atom is -0.496 e. The molecule has 0 aromatic heterocycles. The number of hydrogen-bond acceptors (Lipinski definition) is 3. The van der Waals surface area contributed by atoms with E-state index in [0.717, 1.165) is 22.1 Å². The third-order valence-electron chi connectivity index (χ3n) is 2.98. The van der Waals surface area contributed by atoms with Crippen LogP contribution in [0.2, 0.25) is 0 Å². The van der Waals surface area contributed by atoms with Crippen LogP contribution in [0.1, 0.15) is 18.5 Å². The van der Waals surface area contributed by atoms with E-state index in [-0.39, 0.29) is 12.8 Å². The Labute approximate surface area is 101 Å². The van der Waals surface area contributed by atoms with Crippen LogP contribution in [0.25, 0.3) is 10.8 Å². The van der Waals surface area contributed by atoms with Gasteiger partial charge in [0.15, 0.2) is 0 Å². The highest BCUT2D eigenvalue weighted by Gasteiger charge is 2.06. The Morgan fingerprint density at radius 3 is 2.82 bits per heavy atom. The maximum absolute atomic E-state index is 8.86. The molecule has 17 heavy (non-hydrogen) atoms. The zero-order chi connectivity index (χ0) is 12.3. The minimum absolute atomic E-state index is 0.0166. The summed E-state index contributed by atoms with van der Waals surface area (Å²) in [5.74, 6) is 0.886. The summed E-state index contributed by atoms with van der Waals surface area (Å²) in [5.41, 5.74) is 1.15. The molecule has 0 radical (unpaired) electrons. The molecule has 1 atom stereocenters. The first kappa shape index (κ1) is 11.9. The van der Waals surface area contributed by atoms with Gasteiger partial charge in [-0.05, 0) is 30.0 Å². The normalized spacial score (nSPS) is 12.6. The largest absolute Gasteiger partial charge is 0.496 e. The van der Waals surface area contributed by atoms with E-state index in [2.05, 4.69) is 29.6 Å². The van der Waals surface area contributed by atoms with Crippen molar-refractivity contribution in [3.8, 4) is 5.75 Å². The molecule has 3 nitrogen and oxygen atoms in total. The molecule has 0 fully saturated rings. The predicted molar refractivity (Wildman–Crippen MR) is 69.1 cm³/mol. The lowest BCUT2D eigenvalue weighted by Gasteiger charge is -2.13. The smallest absolute Gasteiger partial charge is 0.126 e. The van der Waals surface area contributed by atoms with Crippen LogP contribution in [0.3, 0.4) is 0 Å². The van der Waals surface area contributed by atoms with E-state index in [9.17, 15) is 0 Å². The number of nitrogens with one attached hydrogen (secondary N) is 1. The van der Waals surface area contributed by atoms with Crippen LogP contribution >= 0.6 is 0 Å². The Balaban J connectivity index is 2.44. The quantitative estimate of drug-likeness (QED) is 0.794. The van der Waals surface area contributed by atoms with Crippen LogP contribution < -0.4 is 10.1 Å². The van der Waals surface area contributed by atoms with Crippen molar-refractivity contribution in [1.82, 2.24) is 5.32 Å². The van der Waals surface area contributed by atoms with Crippen molar-refractivity contribution in [1.29, 1.82) is 0 Å². The average Bonchev–Trinajstić information content (AvgIpc) is 2.37. The number of ether oxygens (including phenoxy) is 1. The lowest BCUT2D eigenvalue weighted by molar-refractivity contribution is 0.245. The molecule has 0 bridgehead atoms. The Morgan fingerprint density at radius 1 is 1.29 bits per heavy atom. The summed E-state index contributed by atoms with van der Waals surface area (Å²) in [6.45, 7) is 2.01. The maximum Gasteiger partial charge on any atom is 0.126 e. The van der Waals surface area contributed by atoms with Gasteiger partial charge >= 0.3 is 0 Å². The van der Waals surface area contributed by atoms with Gasteiger partial charge in [0.25, 0.3) is 0 Å².